The third-order valence-electron chi connectivity index (χ3n) is 2.80. The van der Waals surface area contributed by atoms with Gasteiger partial charge in [-0.1, -0.05) is 6.07 Å². The highest BCUT2D eigenvalue weighted by molar-refractivity contribution is 7.98. The van der Waals surface area contributed by atoms with Gasteiger partial charge in [0.15, 0.2) is 0 Å². The number of thioether (sulfide) groups is 1. The molecule has 2 aromatic rings. The molecule has 0 aliphatic carbocycles. The van der Waals surface area contributed by atoms with E-state index in [9.17, 15) is 14.9 Å². The number of rotatable bonds is 5. The van der Waals surface area contributed by atoms with Gasteiger partial charge in [0.1, 0.15) is 5.56 Å². The predicted molar refractivity (Wildman–Crippen MR) is 80.3 cm³/mol. The number of carbonyl (C=O) groups is 1. The average Bonchev–Trinajstić information content (AvgIpc) is 2.52. The van der Waals surface area contributed by atoms with Crippen molar-refractivity contribution in [2.45, 2.75) is 11.4 Å². The number of aromatic nitrogens is 1. The summed E-state index contributed by atoms with van der Waals surface area (Å²) in [4.78, 5) is 27.5. The maximum absolute atomic E-state index is 12.2. The number of nitrogens with zero attached hydrogens (tertiary/aromatic N) is 2. The molecule has 0 unspecified atom stereocenters. The van der Waals surface area contributed by atoms with E-state index in [0.29, 0.717) is 5.69 Å². The monoisotopic (exact) mass is 303 g/mol. The Kier molecular flexibility index (Phi) is 4.89. The van der Waals surface area contributed by atoms with Crippen molar-refractivity contribution < 1.29 is 9.72 Å². The van der Waals surface area contributed by atoms with E-state index in [4.69, 9.17) is 0 Å². The minimum absolute atomic E-state index is 0.0581. The van der Waals surface area contributed by atoms with Crippen molar-refractivity contribution in [2.75, 3.05) is 6.26 Å². The number of nitro groups is 1. The van der Waals surface area contributed by atoms with Crippen LogP contribution in [0.3, 0.4) is 0 Å². The lowest BCUT2D eigenvalue weighted by atomic mass is 10.1. The molecule has 0 saturated carbocycles. The maximum atomic E-state index is 12.2. The summed E-state index contributed by atoms with van der Waals surface area (Å²) in [5.74, 6) is -0.483. The summed E-state index contributed by atoms with van der Waals surface area (Å²) in [5, 5.41) is 13.7. The van der Waals surface area contributed by atoms with E-state index in [-0.39, 0.29) is 17.8 Å². The largest absolute Gasteiger partial charge is 0.346 e. The molecule has 1 heterocycles. The highest BCUT2D eigenvalue weighted by Gasteiger charge is 2.20. The molecule has 0 bridgehead atoms. The van der Waals surface area contributed by atoms with Gasteiger partial charge in [0.05, 0.1) is 17.2 Å². The van der Waals surface area contributed by atoms with E-state index in [1.54, 1.807) is 24.4 Å². The zero-order chi connectivity index (χ0) is 15.2. The molecule has 0 aliphatic heterocycles. The lowest BCUT2D eigenvalue weighted by Gasteiger charge is -2.06. The number of carbonyl (C=O) groups excluding carboxylic acids is 1. The summed E-state index contributed by atoms with van der Waals surface area (Å²) in [6, 6.07) is 9.85. The van der Waals surface area contributed by atoms with Crippen LogP contribution in [0.5, 0.6) is 0 Å². The van der Waals surface area contributed by atoms with Gasteiger partial charge in [0, 0.05) is 17.2 Å². The molecule has 0 radical (unpaired) electrons. The van der Waals surface area contributed by atoms with Gasteiger partial charge >= 0.3 is 0 Å². The summed E-state index contributed by atoms with van der Waals surface area (Å²) in [6.07, 6.45) is 3.47. The Morgan fingerprint density at radius 3 is 2.81 bits per heavy atom. The van der Waals surface area contributed by atoms with Gasteiger partial charge in [-0.3, -0.25) is 19.9 Å². The van der Waals surface area contributed by atoms with E-state index in [0.717, 1.165) is 4.90 Å². The molecule has 1 N–H and O–H groups in total. The third-order valence-corrected chi connectivity index (χ3v) is 3.53. The van der Waals surface area contributed by atoms with Crippen LogP contribution in [0.1, 0.15) is 16.1 Å². The number of amides is 1. The van der Waals surface area contributed by atoms with Crippen molar-refractivity contribution in [2.24, 2.45) is 0 Å². The molecule has 0 fully saturated rings. The first-order chi connectivity index (χ1) is 10.1. The number of benzene rings is 1. The first-order valence-electron chi connectivity index (χ1n) is 6.12. The second kappa shape index (κ2) is 6.85. The quantitative estimate of drug-likeness (QED) is 0.521. The van der Waals surface area contributed by atoms with Crippen LogP contribution >= 0.6 is 11.8 Å². The smallest absolute Gasteiger partial charge is 0.282 e. The molecule has 0 aliphatic rings. The van der Waals surface area contributed by atoms with E-state index in [1.807, 2.05) is 12.3 Å². The summed E-state index contributed by atoms with van der Waals surface area (Å²) in [5.41, 5.74) is 0.545. The molecule has 0 spiro atoms. The zero-order valence-corrected chi connectivity index (χ0v) is 12.1. The molecule has 1 amide bonds. The molecule has 0 saturated heterocycles. The highest BCUT2D eigenvalue weighted by Crippen LogP contribution is 2.24. The van der Waals surface area contributed by atoms with Gasteiger partial charge in [-0.05, 0) is 30.5 Å². The van der Waals surface area contributed by atoms with Crippen LogP contribution in [0, 0.1) is 10.1 Å². The number of nitrogens with one attached hydrogen (secondary N) is 1. The minimum Gasteiger partial charge on any atom is -0.346 e. The van der Waals surface area contributed by atoms with Crippen LogP contribution in [-0.2, 0) is 6.54 Å². The average molecular weight is 303 g/mol. The second-order valence-electron chi connectivity index (χ2n) is 4.14. The van der Waals surface area contributed by atoms with Crippen LogP contribution < -0.4 is 5.32 Å². The third kappa shape index (κ3) is 3.79. The molecule has 1 aromatic carbocycles. The standard InChI is InChI=1S/C14H13N3O3S/c1-21-11-5-6-13(17(19)20)12(8-11)14(18)16-9-10-4-2-3-7-15-10/h2-8H,9H2,1H3,(H,16,18). The molecule has 21 heavy (non-hydrogen) atoms. The number of nitro benzene ring substituents is 1. The fraction of sp³-hybridized carbons (Fsp3) is 0.143. The van der Waals surface area contributed by atoms with Crippen molar-refractivity contribution >= 4 is 23.4 Å². The normalized spacial score (nSPS) is 10.1. The Morgan fingerprint density at radius 1 is 1.38 bits per heavy atom. The van der Waals surface area contributed by atoms with E-state index < -0.39 is 10.8 Å². The number of pyridine rings is 1. The molecule has 0 atom stereocenters. The van der Waals surface area contributed by atoms with Crippen molar-refractivity contribution in [1.82, 2.24) is 10.3 Å². The summed E-state index contributed by atoms with van der Waals surface area (Å²) in [7, 11) is 0. The Labute approximate surface area is 125 Å². The van der Waals surface area contributed by atoms with Gasteiger partial charge in [-0.2, -0.15) is 0 Å². The Bertz CT molecular complexity index is 662. The lowest BCUT2D eigenvalue weighted by Crippen LogP contribution is -2.24. The van der Waals surface area contributed by atoms with E-state index in [1.165, 1.54) is 23.9 Å². The van der Waals surface area contributed by atoms with E-state index >= 15 is 0 Å². The Hall–Kier alpha value is -2.41. The molecule has 1 aromatic heterocycles. The van der Waals surface area contributed by atoms with Crippen LogP contribution in [0.15, 0.2) is 47.5 Å². The van der Waals surface area contributed by atoms with Gasteiger partial charge in [0.25, 0.3) is 11.6 Å². The summed E-state index contributed by atoms with van der Waals surface area (Å²) in [6.45, 7) is 0.223. The topological polar surface area (TPSA) is 85.1 Å². The Morgan fingerprint density at radius 2 is 2.19 bits per heavy atom. The van der Waals surface area contributed by atoms with Gasteiger partial charge < -0.3 is 5.32 Å². The van der Waals surface area contributed by atoms with Crippen LogP contribution in [-0.4, -0.2) is 22.1 Å². The van der Waals surface area contributed by atoms with Gasteiger partial charge in [0.2, 0.25) is 0 Å². The van der Waals surface area contributed by atoms with Gasteiger partial charge in [-0.25, -0.2) is 0 Å². The molecular weight excluding hydrogens is 290 g/mol. The molecular formula is C14H13N3O3S. The lowest BCUT2D eigenvalue weighted by molar-refractivity contribution is -0.385. The van der Waals surface area contributed by atoms with Crippen molar-refractivity contribution in [3.05, 3.63) is 64.0 Å². The molecule has 108 valence electrons. The molecule has 6 nitrogen and oxygen atoms in total. The van der Waals surface area contributed by atoms with E-state index in [2.05, 4.69) is 10.3 Å². The molecule has 7 heteroatoms. The van der Waals surface area contributed by atoms with Crippen LogP contribution in [0.2, 0.25) is 0 Å². The van der Waals surface area contributed by atoms with Crippen LogP contribution in [0.4, 0.5) is 5.69 Å². The first-order valence-corrected chi connectivity index (χ1v) is 7.35. The Balaban J connectivity index is 2.19. The highest BCUT2D eigenvalue weighted by atomic mass is 32.2. The summed E-state index contributed by atoms with van der Waals surface area (Å²) < 4.78 is 0. The van der Waals surface area contributed by atoms with Gasteiger partial charge in [-0.15, -0.1) is 11.8 Å². The number of hydrogen-bond acceptors (Lipinski definition) is 5. The van der Waals surface area contributed by atoms with Crippen LogP contribution in [0.25, 0.3) is 0 Å². The molecule has 2 rings (SSSR count). The van der Waals surface area contributed by atoms with Crippen molar-refractivity contribution in [1.29, 1.82) is 0 Å². The second-order valence-corrected chi connectivity index (χ2v) is 5.02. The first kappa shape index (κ1) is 15.0. The number of hydrogen-bond donors (Lipinski definition) is 1. The SMILES string of the molecule is CSc1ccc([N+](=O)[O-])c(C(=O)NCc2ccccn2)c1. The predicted octanol–water partition coefficient (Wildman–Crippen LogP) is 2.64. The zero-order valence-electron chi connectivity index (χ0n) is 11.3. The fourth-order valence-corrected chi connectivity index (χ4v) is 2.19. The maximum Gasteiger partial charge on any atom is 0.282 e. The van der Waals surface area contributed by atoms with Crippen molar-refractivity contribution in [3.8, 4) is 0 Å². The minimum atomic E-state index is -0.556. The fourth-order valence-electron chi connectivity index (χ4n) is 1.75. The van der Waals surface area contributed by atoms with Crippen molar-refractivity contribution in [3.63, 3.8) is 0 Å². The summed E-state index contributed by atoms with van der Waals surface area (Å²) >= 11 is 1.42.